The largest absolute Gasteiger partial charge is 0.489 e. The highest BCUT2D eigenvalue weighted by molar-refractivity contribution is 6.30. The number of ether oxygens (including phenoxy) is 1. The molecule has 0 atom stereocenters. The van der Waals surface area contributed by atoms with Crippen LogP contribution < -0.4 is 4.74 Å². The monoisotopic (exact) mass is 236 g/mol. The van der Waals surface area contributed by atoms with Crippen LogP contribution in [-0.2, 0) is 6.61 Å². The Hall–Kier alpha value is -1.54. The molecule has 0 radical (unpaired) electrons. The van der Waals surface area contributed by atoms with E-state index in [0.717, 1.165) is 11.3 Å². The van der Waals surface area contributed by atoms with Gasteiger partial charge in [0.1, 0.15) is 18.2 Å². The fourth-order valence-corrected chi connectivity index (χ4v) is 1.40. The topological polar surface area (TPSA) is 9.23 Å². The first kappa shape index (κ1) is 11.0. The van der Waals surface area contributed by atoms with Crippen molar-refractivity contribution in [1.29, 1.82) is 0 Å². The molecule has 0 aliphatic heterocycles. The van der Waals surface area contributed by atoms with Gasteiger partial charge in [-0.1, -0.05) is 23.7 Å². The van der Waals surface area contributed by atoms with Gasteiger partial charge in [0.05, 0.1) is 0 Å². The first-order valence-electron chi connectivity index (χ1n) is 4.87. The molecular weight excluding hydrogens is 227 g/mol. The first-order valence-corrected chi connectivity index (χ1v) is 5.25. The van der Waals surface area contributed by atoms with Gasteiger partial charge in [0.15, 0.2) is 0 Å². The van der Waals surface area contributed by atoms with Crippen LogP contribution in [0.4, 0.5) is 4.39 Å². The second-order valence-electron chi connectivity index (χ2n) is 3.37. The molecule has 0 aliphatic carbocycles. The summed E-state index contributed by atoms with van der Waals surface area (Å²) in [6, 6.07) is 13.4. The van der Waals surface area contributed by atoms with Gasteiger partial charge in [-0.25, -0.2) is 4.39 Å². The van der Waals surface area contributed by atoms with Crippen molar-refractivity contribution in [2.75, 3.05) is 0 Å². The Morgan fingerprint density at radius 3 is 2.19 bits per heavy atom. The molecule has 16 heavy (non-hydrogen) atoms. The van der Waals surface area contributed by atoms with Crippen molar-refractivity contribution >= 4 is 11.6 Å². The fourth-order valence-electron chi connectivity index (χ4n) is 1.28. The molecule has 1 nitrogen and oxygen atoms in total. The van der Waals surface area contributed by atoms with E-state index in [1.807, 2.05) is 0 Å². The average Bonchev–Trinajstić information content (AvgIpc) is 2.30. The van der Waals surface area contributed by atoms with Crippen LogP contribution in [0.25, 0.3) is 0 Å². The molecule has 0 saturated carbocycles. The molecule has 0 N–H and O–H groups in total. The van der Waals surface area contributed by atoms with Crippen LogP contribution in [-0.4, -0.2) is 0 Å². The molecule has 0 bridgehead atoms. The molecule has 3 heteroatoms. The van der Waals surface area contributed by atoms with Gasteiger partial charge in [0.25, 0.3) is 0 Å². The smallest absolute Gasteiger partial charge is 0.123 e. The van der Waals surface area contributed by atoms with Crippen molar-refractivity contribution in [3.63, 3.8) is 0 Å². The third-order valence-electron chi connectivity index (χ3n) is 2.13. The summed E-state index contributed by atoms with van der Waals surface area (Å²) < 4.78 is 18.1. The van der Waals surface area contributed by atoms with Gasteiger partial charge in [0, 0.05) is 5.02 Å². The molecule has 0 aliphatic rings. The molecule has 0 saturated heterocycles. The third kappa shape index (κ3) is 2.97. The first-order chi connectivity index (χ1) is 7.74. The summed E-state index contributed by atoms with van der Waals surface area (Å²) in [4.78, 5) is 0. The van der Waals surface area contributed by atoms with Crippen LogP contribution in [0.5, 0.6) is 5.75 Å². The Balaban J connectivity index is 1.97. The second kappa shape index (κ2) is 4.99. The van der Waals surface area contributed by atoms with E-state index in [-0.39, 0.29) is 5.82 Å². The minimum absolute atomic E-state index is 0.241. The summed E-state index contributed by atoms with van der Waals surface area (Å²) >= 11 is 5.75. The molecule has 2 rings (SSSR count). The van der Waals surface area contributed by atoms with Gasteiger partial charge in [-0.05, 0) is 42.0 Å². The lowest BCUT2D eigenvalue weighted by molar-refractivity contribution is 0.306. The van der Waals surface area contributed by atoms with Crippen LogP contribution in [0.2, 0.25) is 5.02 Å². The van der Waals surface area contributed by atoms with Crippen molar-refractivity contribution in [3.05, 3.63) is 64.9 Å². The molecule has 0 heterocycles. The Labute approximate surface area is 98.4 Å². The zero-order chi connectivity index (χ0) is 11.4. The van der Waals surface area contributed by atoms with E-state index in [0.29, 0.717) is 11.6 Å². The molecule has 0 aromatic heterocycles. The van der Waals surface area contributed by atoms with Crippen molar-refractivity contribution in [2.24, 2.45) is 0 Å². The minimum atomic E-state index is -0.241. The van der Waals surface area contributed by atoms with Crippen molar-refractivity contribution in [2.45, 2.75) is 6.61 Å². The standard InChI is InChI=1S/C13H10ClFO/c14-11-3-7-13(8-4-11)16-9-10-1-5-12(15)6-2-10/h1-8H,9H2. The summed E-state index contributed by atoms with van der Waals surface area (Å²) in [5.41, 5.74) is 0.927. The predicted molar refractivity (Wildman–Crippen MR) is 62.2 cm³/mol. The van der Waals surface area contributed by atoms with Crippen LogP contribution in [0.3, 0.4) is 0 Å². The number of rotatable bonds is 3. The zero-order valence-corrected chi connectivity index (χ0v) is 9.25. The molecule has 0 unspecified atom stereocenters. The zero-order valence-electron chi connectivity index (χ0n) is 8.49. The third-order valence-corrected chi connectivity index (χ3v) is 2.38. The van der Waals surface area contributed by atoms with Crippen LogP contribution >= 0.6 is 11.6 Å². The number of halogens is 2. The van der Waals surface area contributed by atoms with Crippen LogP contribution in [0.15, 0.2) is 48.5 Å². The second-order valence-corrected chi connectivity index (χ2v) is 3.81. The molecule has 2 aromatic carbocycles. The summed E-state index contributed by atoms with van der Waals surface area (Å²) in [6.07, 6.45) is 0. The highest BCUT2D eigenvalue weighted by Gasteiger charge is 1.96. The quantitative estimate of drug-likeness (QED) is 0.781. The van der Waals surface area contributed by atoms with E-state index < -0.39 is 0 Å². The Morgan fingerprint density at radius 1 is 0.938 bits per heavy atom. The van der Waals surface area contributed by atoms with E-state index in [1.165, 1.54) is 12.1 Å². The van der Waals surface area contributed by atoms with E-state index in [4.69, 9.17) is 16.3 Å². The van der Waals surface area contributed by atoms with Crippen molar-refractivity contribution in [1.82, 2.24) is 0 Å². The summed E-state index contributed by atoms with van der Waals surface area (Å²) in [7, 11) is 0. The Morgan fingerprint density at radius 2 is 1.56 bits per heavy atom. The summed E-state index contributed by atoms with van der Waals surface area (Å²) in [6.45, 7) is 0.419. The van der Waals surface area contributed by atoms with Gasteiger partial charge in [-0.3, -0.25) is 0 Å². The maximum absolute atomic E-state index is 12.6. The SMILES string of the molecule is Fc1ccc(COc2ccc(Cl)cc2)cc1. The molecule has 0 fully saturated rings. The van der Waals surface area contributed by atoms with Crippen LogP contribution in [0.1, 0.15) is 5.56 Å². The molecule has 82 valence electrons. The molecule has 0 amide bonds. The lowest BCUT2D eigenvalue weighted by atomic mass is 10.2. The van der Waals surface area contributed by atoms with Crippen molar-refractivity contribution in [3.8, 4) is 5.75 Å². The van der Waals surface area contributed by atoms with E-state index in [1.54, 1.807) is 36.4 Å². The lowest BCUT2D eigenvalue weighted by Crippen LogP contribution is -1.94. The molecular formula is C13H10ClFO. The maximum Gasteiger partial charge on any atom is 0.123 e. The van der Waals surface area contributed by atoms with Crippen molar-refractivity contribution < 1.29 is 9.13 Å². The van der Waals surface area contributed by atoms with E-state index in [2.05, 4.69) is 0 Å². The van der Waals surface area contributed by atoms with E-state index >= 15 is 0 Å². The Kier molecular flexibility index (Phi) is 3.42. The maximum atomic E-state index is 12.6. The normalized spacial score (nSPS) is 10.1. The fraction of sp³-hybridized carbons (Fsp3) is 0.0769. The van der Waals surface area contributed by atoms with E-state index in [9.17, 15) is 4.39 Å². The highest BCUT2D eigenvalue weighted by atomic mass is 35.5. The predicted octanol–water partition coefficient (Wildman–Crippen LogP) is 4.06. The van der Waals surface area contributed by atoms with Gasteiger partial charge >= 0.3 is 0 Å². The summed E-state index contributed by atoms with van der Waals surface area (Å²) in [5.74, 6) is 0.504. The van der Waals surface area contributed by atoms with Crippen LogP contribution in [0, 0.1) is 5.82 Å². The lowest BCUT2D eigenvalue weighted by Gasteiger charge is -2.05. The number of benzene rings is 2. The van der Waals surface area contributed by atoms with Gasteiger partial charge in [0.2, 0.25) is 0 Å². The molecule has 2 aromatic rings. The minimum Gasteiger partial charge on any atom is -0.489 e. The van der Waals surface area contributed by atoms with Gasteiger partial charge in [-0.2, -0.15) is 0 Å². The summed E-state index contributed by atoms with van der Waals surface area (Å²) in [5, 5.41) is 0.675. The molecule has 0 spiro atoms. The average molecular weight is 237 g/mol. The van der Waals surface area contributed by atoms with Gasteiger partial charge < -0.3 is 4.74 Å². The number of hydrogen-bond acceptors (Lipinski definition) is 1. The van der Waals surface area contributed by atoms with Gasteiger partial charge in [-0.15, -0.1) is 0 Å². The Bertz CT molecular complexity index is 405. The number of hydrogen-bond donors (Lipinski definition) is 0. The highest BCUT2D eigenvalue weighted by Crippen LogP contribution is 2.16.